The molecule has 0 spiro atoms. The summed E-state index contributed by atoms with van der Waals surface area (Å²) >= 11 is 17.7. The molecule has 2 aromatic carbocycles. The lowest BCUT2D eigenvalue weighted by molar-refractivity contribution is 0.250. The van der Waals surface area contributed by atoms with Gasteiger partial charge < -0.3 is 15.4 Å². The van der Waals surface area contributed by atoms with Gasteiger partial charge in [0, 0.05) is 12.2 Å². The van der Waals surface area contributed by atoms with Crippen molar-refractivity contribution in [2.45, 2.75) is 6.42 Å². The Morgan fingerprint density at radius 2 is 1.78 bits per heavy atom. The van der Waals surface area contributed by atoms with E-state index in [4.69, 9.17) is 39.5 Å². The molecule has 0 saturated carbocycles. The molecule has 0 aliphatic heterocycles. The lowest BCUT2D eigenvalue weighted by atomic mass is 10.3. The molecule has 23 heavy (non-hydrogen) atoms. The van der Waals surface area contributed by atoms with E-state index in [1.807, 2.05) is 12.1 Å². The predicted octanol–water partition coefficient (Wildman–Crippen LogP) is 5.24. The summed E-state index contributed by atoms with van der Waals surface area (Å²) in [5.41, 5.74) is 0.573. The Bertz CT molecular complexity index is 680. The number of halogens is 3. The minimum Gasteiger partial charge on any atom is -0.492 e. The Labute approximate surface area is 149 Å². The second-order valence-corrected chi connectivity index (χ2v) is 5.86. The van der Waals surface area contributed by atoms with Gasteiger partial charge in [-0.05, 0) is 36.8 Å². The molecule has 122 valence electrons. The summed E-state index contributed by atoms with van der Waals surface area (Å²) in [7, 11) is 0. The van der Waals surface area contributed by atoms with Gasteiger partial charge >= 0.3 is 6.03 Å². The van der Waals surface area contributed by atoms with Crippen LogP contribution >= 0.6 is 34.8 Å². The normalized spacial score (nSPS) is 10.2. The largest absolute Gasteiger partial charge is 0.492 e. The van der Waals surface area contributed by atoms with Gasteiger partial charge in [0.05, 0.1) is 21.7 Å². The number of ether oxygens (including phenoxy) is 1. The number of benzene rings is 2. The van der Waals surface area contributed by atoms with Gasteiger partial charge in [0.1, 0.15) is 5.75 Å². The number of amides is 2. The highest BCUT2D eigenvalue weighted by atomic mass is 35.5. The van der Waals surface area contributed by atoms with Crippen molar-refractivity contribution in [2.24, 2.45) is 0 Å². The molecule has 7 heteroatoms. The summed E-state index contributed by atoms with van der Waals surface area (Å²) in [5, 5.41) is 6.79. The zero-order valence-corrected chi connectivity index (χ0v) is 14.4. The molecule has 2 N–H and O–H groups in total. The van der Waals surface area contributed by atoms with Gasteiger partial charge in [-0.1, -0.05) is 46.9 Å². The number of carbonyl (C=O) groups is 1. The van der Waals surface area contributed by atoms with Gasteiger partial charge in [0.15, 0.2) is 0 Å². The van der Waals surface area contributed by atoms with Gasteiger partial charge in [0.25, 0.3) is 0 Å². The van der Waals surface area contributed by atoms with E-state index in [0.29, 0.717) is 46.1 Å². The van der Waals surface area contributed by atoms with Crippen LogP contribution < -0.4 is 15.4 Å². The van der Waals surface area contributed by atoms with Crippen LogP contribution in [0.1, 0.15) is 6.42 Å². The van der Waals surface area contributed by atoms with Gasteiger partial charge in [-0.25, -0.2) is 4.79 Å². The lowest BCUT2D eigenvalue weighted by Gasteiger charge is -2.10. The Kier molecular flexibility index (Phi) is 6.84. The van der Waals surface area contributed by atoms with Crippen molar-refractivity contribution in [2.75, 3.05) is 18.5 Å². The van der Waals surface area contributed by atoms with Crippen molar-refractivity contribution in [1.29, 1.82) is 0 Å². The summed E-state index contributed by atoms with van der Waals surface area (Å²) < 4.78 is 5.53. The average Bonchev–Trinajstić information content (AvgIpc) is 2.52. The van der Waals surface area contributed by atoms with Crippen molar-refractivity contribution in [3.05, 3.63) is 57.5 Å². The molecule has 0 aliphatic rings. The average molecular weight is 374 g/mol. The van der Waals surface area contributed by atoms with Gasteiger partial charge in [-0.15, -0.1) is 0 Å². The van der Waals surface area contributed by atoms with Crippen LogP contribution in [0.4, 0.5) is 10.5 Å². The Hall–Kier alpha value is -1.62. The third-order valence-electron chi connectivity index (χ3n) is 2.88. The van der Waals surface area contributed by atoms with Crippen molar-refractivity contribution >= 4 is 46.5 Å². The summed E-state index contributed by atoms with van der Waals surface area (Å²) in [6, 6.07) is 11.8. The van der Waals surface area contributed by atoms with Crippen molar-refractivity contribution < 1.29 is 9.53 Å². The van der Waals surface area contributed by atoms with E-state index >= 15 is 0 Å². The molecule has 2 amide bonds. The van der Waals surface area contributed by atoms with Crippen LogP contribution in [-0.2, 0) is 0 Å². The van der Waals surface area contributed by atoms with Crippen LogP contribution in [0.2, 0.25) is 15.1 Å². The second-order valence-electron chi connectivity index (χ2n) is 4.64. The van der Waals surface area contributed by atoms with Crippen LogP contribution in [-0.4, -0.2) is 19.2 Å². The Balaban J connectivity index is 1.67. The highest BCUT2D eigenvalue weighted by Crippen LogP contribution is 2.25. The highest BCUT2D eigenvalue weighted by Gasteiger charge is 2.04. The molecule has 0 saturated heterocycles. The maximum atomic E-state index is 11.7. The predicted molar refractivity (Wildman–Crippen MR) is 95.0 cm³/mol. The number of urea groups is 1. The molecule has 0 heterocycles. The van der Waals surface area contributed by atoms with E-state index in [2.05, 4.69) is 10.6 Å². The molecule has 0 radical (unpaired) electrons. The van der Waals surface area contributed by atoms with E-state index in [1.54, 1.807) is 30.3 Å². The highest BCUT2D eigenvalue weighted by molar-refractivity contribution is 6.42. The first-order valence-electron chi connectivity index (χ1n) is 6.93. The first-order chi connectivity index (χ1) is 11.1. The third kappa shape index (κ3) is 5.82. The molecule has 0 fully saturated rings. The number of hydrogen-bond acceptors (Lipinski definition) is 2. The van der Waals surface area contributed by atoms with Crippen LogP contribution in [0, 0.1) is 0 Å². The SMILES string of the molecule is O=C(NCCCOc1ccccc1Cl)Nc1ccc(Cl)c(Cl)c1. The first-order valence-corrected chi connectivity index (χ1v) is 8.07. The van der Waals surface area contributed by atoms with E-state index < -0.39 is 0 Å². The minimum atomic E-state index is -0.318. The number of hydrogen-bond donors (Lipinski definition) is 2. The fourth-order valence-corrected chi connectivity index (χ4v) is 2.26. The van der Waals surface area contributed by atoms with E-state index in [9.17, 15) is 4.79 Å². The molecule has 0 unspecified atom stereocenters. The topological polar surface area (TPSA) is 50.4 Å². The monoisotopic (exact) mass is 372 g/mol. The van der Waals surface area contributed by atoms with Gasteiger partial charge in [-0.3, -0.25) is 0 Å². The maximum Gasteiger partial charge on any atom is 0.319 e. The summed E-state index contributed by atoms with van der Waals surface area (Å²) in [5.74, 6) is 0.634. The van der Waals surface area contributed by atoms with Crippen LogP contribution in [0.3, 0.4) is 0 Å². The number of anilines is 1. The van der Waals surface area contributed by atoms with E-state index in [0.717, 1.165) is 0 Å². The molecule has 2 aromatic rings. The van der Waals surface area contributed by atoms with Gasteiger partial charge in [0.2, 0.25) is 0 Å². The molecule has 4 nitrogen and oxygen atoms in total. The number of para-hydroxylation sites is 1. The first kappa shape index (κ1) is 17.7. The fourth-order valence-electron chi connectivity index (χ4n) is 1.77. The van der Waals surface area contributed by atoms with Crippen molar-refractivity contribution in [3.63, 3.8) is 0 Å². The molecule has 0 atom stereocenters. The molecule has 0 aromatic heterocycles. The molecular formula is C16H15Cl3N2O2. The van der Waals surface area contributed by atoms with Crippen LogP contribution in [0.25, 0.3) is 0 Å². The Morgan fingerprint density at radius 1 is 1.00 bits per heavy atom. The number of nitrogens with one attached hydrogen (secondary N) is 2. The van der Waals surface area contributed by atoms with Crippen molar-refractivity contribution in [1.82, 2.24) is 5.32 Å². The fraction of sp³-hybridized carbons (Fsp3) is 0.188. The summed E-state index contributed by atoms with van der Waals surface area (Å²) in [6.07, 6.45) is 0.653. The second kappa shape index (κ2) is 8.87. The zero-order valence-electron chi connectivity index (χ0n) is 12.1. The molecule has 0 bridgehead atoms. The standard InChI is InChI=1S/C16H15Cl3N2O2/c17-12-7-6-11(10-14(12)19)21-16(22)20-8-3-9-23-15-5-2-1-4-13(15)18/h1-2,4-7,10H,3,8-9H2,(H2,20,21,22). The van der Waals surface area contributed by atoms with Crippen molar-refractivity contribution in [3.8, 4) is 5.75 Å². The number of rotatable bonds is 6. The molecule has 2 rings (SSSR count). The minimum absolute atomic E-state index is 0.318. The quantitative estimate of drug-likeness (QED) is 0.681. The summed E-state index contributed by atoms with van der Waals surface area (Å²) in [6.45, 7) is 0.925. The zero-order chi connectivity index (χ0) is 16.7. The third-order valence-corrected chi connectivity index (χ3v) is 3.93. The van der Waals surface area contributed by atoms with Crippen LogP contribution in [0.15, 0.2) is 42.5 Å². The Morgan fingerprint density at radius 3 is 2.52 bits per heavy atom. The summed E-state index contributed by atoms with van der Waals surface area (Å²) in [4.78, 5) is 11.7. The van der Waals surface area contributed by atoms with Gasteiger partial charge in [-0.2, -0.15) is 0 Å². The molecule has 0 aliphatic carbocycles. The smallest absolute Gasteiger partial charge is 0.319 e. The molecular weight excluding hydrogens is 359 g/mol. The van der Waals surface area contributed by atoms with Crippen LogP contribution in [0.5, 0.6) is 5.75 Å². The number of carbonyl (C=O) groups excluding carboxylic acids is 1. The lowest BCUT2D eigenvalue weighted by Crippen LogP contribution is -2.30. The van der Waals surface area contributed by atoms with E-state index in [-0.39, 0.29) is 6.03 Å². The van der Waals surface area contributed by atoms with E-state index in [1.165, 1.54) is 0 Å². The maximum absolute atomic E-state index is 11.7.